The van der Waals surface area contributed by atoms with Gasteiger partial charge in [-0.15, -0.1) is 0 Å². The van der Waals surface area contributed by atoms with Crippen LogP contribution in [0.1, 0.15) is 18.1 Å². The molecular formula is C17H17BrN2O3S. The first-order valence-corrected chi connectivity index (χ1v) is 9.70. The summed E-state index contributed by atoms with van der Waals surface area (Å²) in [4.78, 5) is 4.39. The molecule has 1 heterocycles. The van der Waals surface area contributed by atoms with Crippen molar-refractivity contribution in [3.63, 3.8) is 0 Å². The summed E-state index contributed by atoms with van der Waals surface area (Å²) in [5.41, 5.74) is 3.32. The summed E-state index contributed by atoms with van der Waals surface area (Å²) < 4.78 is 33.5. The Kier molecular flexibility index (Phi) is 4.40. The van der Waals surface area contributed by atoms with Crippen LogP contribution < -0.4 is 4.74 Å². The first kappa shape index (κ1) is 17.0. The molecule has 0 amide bonds. The van der Waals surface area contributed by atoms with E-state index in [0.29, 0.717) is 27.9 Å². The summed E-state index contributed by atoms with van der Waals surface area (Å²) in [5, 5.41) is 0. The summed E-state index contributed by atoms with van der Waals surface area (Å²) in [6.45, 7) is 6.23. The van der Waals surface area contributed by atoms with E-state index in [2.05, 4.69) is 20.9 Å². The Morgan fingerprint density at radius 1 is 1.17 bits per heavy atom. The molecular weight excluding hydrogens is 392 g/mol. The third kappa shape index (κ3) is 2.82. The van der Waals surface area contributed by atoms with E-state index in [0.717, 1.165) is 11.1 Å². The second kappa shape index (κ2) is 6.22. The molecule has 0 aliphatic rings. The highest BCUT2D eigenvalue weighted by Crippen LogP contribution is 2.30. The predicted octanol–water partition coefficient (Wildman–Crippen LogP) is 4.05. The van der Waals surface area contributed by atoms with Gasteiger partial charge < -0.3 is 4.74 Å². The highest BCUT2D eigenvalue weighted by atomic mass is 79.9. The first-order valence-electron chi connectivity index (χ1n) is 7.47. The molecule has 0 aliphatic heterocycles. The molecule has 0 saturated heterocycles. The van der Waals surface area contributed by atoms with Gasteiger partial charge in [-0.25, -0.2) is 17.4 Å². The molecule has 0 unspecified atom stereocenters. The van der Waals surface area contributed by atoms with Crippen molar-refractivity contribution >= 4 is 37.0 Å². The van der Waals surface area contributed by atoms with Crippen LogP contribution in [0.2, 0.25) is 0 Å². The van der Waals surface area contributed by atoms with Crippen LogP contribution in [-0.4, -0.2) is 24.0 Å². The van der Waals surface area contributed by atoms with Gasteiger partial charge in [-0.05, 0) is 72.1 Å². The molecule has 0 aliphatic carbocycles. The third-order valence-corrected chi connectivity index (χ3v) is 6.20. The fourth-order valence-electron chi connectivity index (χ4n) is 2.46. The van der Waals surface area contributed by atoms with Crippen molar-refractivity contribution in [3.05, 3.63) is 52.3 Å². The zero-order valence-electron chi connectivity index (χ0n) is 13.6. The molecule has 0 bridgehead atoms. The van der Waals surface area contributed by atoms with Crippen LogP contribution in [0.4, 0.5) is 0 Å². The fraction of sp³-hybridized carbons (Fsp3) is 0.235. The van der Waals surface area contributed by atoms with E-state index in [4.69, 9.17) is 4.74 Å². The Labute approximate surface area is 149 Å². The second-order valence-electron chi connectivity index (χ2n) is 5.50. The van der Waals surface area contributed by atoms with Crippen LogP contribution in [0.15, 0.2) is 46.0 Å². The highest BCUT2D eigenvalue weighted by Gasteiger charge is 2.21. The van der Waals surface area contributed by atoms with Crippen molar-refractivity contribution in [2.45, 2.75) is 25.7 Å². The molecule has 1 aromatic heterocycles. The SMILES string of the molecule is CCOc1cc(S(=O)(=O)n2cnc3cc(C)c(C)cc32)ccc1Br. The van der Waals surface area contributed by atoms with Crippen molar-refractivity contribution in [2.75, 3.05) is 6.61 Å². The van der Waals surface area contributed by atoms with E-state index >= 15 is 0 Å². The Bertz CT molecular complexity index is 1030. The van der Waals surface area contributed by atoms with Gasteiger partial charge in [0, 0.05) is 6.07 Å². The third-order valence-electron chi connectivity index (χ3n) is 3.89. The van der Waals surface area contributed by atoms with Crippen molar-refractivity contribution < 1.29 is 13.2 Å². The number of aromatic nitrogens is 2. The Morgan fingerprint density at radius 2 is 1.88 bits per heavy atom. The molecule has 0 saturated carbocycles. The zero-order chi connectivity index (χ0) is 17.5. The van der Waals surface area contributed by atoms with Gasteiger partial charge in [-0.2, -0.15) is 0 Å². The van der Waals surface area contributed by atoms with Gasteiger partial charge in [-0.1, -0.05) is 0 Å². The molecule has 3 aromatic rings. The molecule has 3 rings (SSSR count). The summed E-state index contributed by atoms with van der Waals surface area (Å²) >= 11 is 3.37. The molecule has 0 spiro atoms. The van der Waals surface area contributed by atoms with Crippen LogP contribution in [0, 0.1) is 13.8 Å². The second-order valence-corrected chi connectivity index (χ2v) is 8.17. The predicted molar refractivity (Wildman–Crippen MR) is 97.1 cm³/mol. The van der Waals surface area contributed by atoms with Crippen molar-refractivity contribution in [1.82, 2.24) is 8.96 Å². The number of benzene rings is 2. The molecule has 0 radical (unpaired) electrons. The average Bonchev–Trinajstić information content (AvgIpc) is 2.93. The summed E-state index contributed by atoms with van der Waals surface area (Å²) in [6.07, 6.45) is 1.35. The maximum atomic E-state index is 13.0. The van der Waals surface area contributed by atoms with Crippen molar-refractivity contribution in [3.8, 4) is 5.75 Å². The lowest BCUT2D eigenvalue weighted by atomic mass is 10.1. The van der Waals surface area contributed by atoms with Gasteiger partial charge in [0.05, 0.1) is 27.0 Å². The van der Waals surface area contributed by atoms with Crippen LogP contribution in [-0.2, 0) is 10.0 Å². The maximum absolute atomic E-state index is 13.0. The molecule has 24 heavy (non-hydrogen) atoms. The number of aryl methyl sites for hydroxylation is 2. The lowest BCUT2D eigenvalue weighted by Gasteiger charge is -2.11. The number of imidazole rings is 1. The fourth-order valence-corrected chi connectivity index (χ4v) is 4.12. The summed E-state index contributed by atoms with van der Waals surface area (Å²) in [7, 11) is -3.76. The quantitative estimate of drug-likeness (QED) is 0.652. The first-order chi connectivity index (χ1) is 11.3. The number of halogens is 1. The largest absolute Gasteiger partial charge is 0.493 e. The van der Waals surface area contributed by atoms with E-state index < -0.39 is 10.0 Å². The van der Waals surface area contributed by atoms with E-state index in [1.54, 1.807) is 12.1 Å². The number of ether oxygens (including phenoxy) is 1. The van der Waals surface area contributed by atoms with Gasteiger partial charge in [0.1, 0.15) is 12.1 Å². The molecule has 0 N–H and O–H groups in total. The van der Waals surface area contributed by atoms with Gasteiger partial charge >= 0.3 is 0 Å². The van der Waals surface area contributed by atoms with Crippen LogP contribution in [0.5, 0.6) is 5.75 Å². The van der Waals surface area contributed by atoms with E-state index in [1.165, 1.54) is 16.4 Å². The minimum atomic E-state index is -3.76. The highest BCUT2D eigenvalue weighted by molar-refractivity contribution is 9.10. The minimum Gasteiger partial charge on any atom is -0.493 e. The Hall–Kier alpha value is -1.86. The van der Waals surface area contributed by atoms with Gasteiger partial charge in [0.25, 0.3) is 10.0 Å². The Balaban J connectivity index is 2.18. The lowest BCUT2D eigenvalue weighted by Crippen LogP contribution is -2.12. The molecule has 7 heteroatoms. The molecule has 0 atom stereocenters. The van der Waals surface area contributed by atoms with E-state index in [9.17, 15) is 8.42 Å². The van der Waals surface area contributed by atoms with Crippen molar-refractivity contribution in [1.29, 1.82) is 0 Å². The standard InChI is InChI=1S/C17H17BrN2O3S/c1-4-23-17-9-13(5-6-14(17)18)24(21,22)20-10-19-15-7-11(2)12(3)8-16(15)20/h5-10H,4H2,1-3H3. The van der Waals surface area contributed by atoms with Crippen LogP contribution in [0.25, 0.3) is 11.0 Å². The van der Waals surface area contributed by atoms with Gasteiger partial charge in [0.2, 0.25) is 0 Å². The number of nitrogens with zero attached hydrogens (tertiary/aromatic N) is 2. The van der Waals surface area contributed by atoms with E-state index in [-0.39, 0.29) is 4.90 Å². The minimum absolute atomic E-state index is 0.159. The topological polar surface area (TPSA) is 61.2 Å². The molecule has 126 valence electrons. The monoisotopic (exact) mass is 408 g/mol. The normalized spacial score (nSPS) is 11.8. The number of hydrogen-bond acceptors (Lipinski definition) is 4. The summed E-state index contributed by atoms with van der Waals surface area (Å²) in [6, 6.07) is 8.48. The molecule has 2 aromatic carbocycles. The number of rotatable bonds is 4. The van der Waals surface area contributed by atoms with Crippen molar-refractivity contribution in [2.24, 2.45) is 0 Å². The smallest absolute Gasteiger partial charge is 0.269 e. The van der Waals surface area contributed by atoms with E-state index in [1.807, 2.05) is 32.9 Å². The Morgan fingerprint density at radius 3 is 2.58 bits per heavy atom. The van der Waals surface area contributed by atoms with Gasteiger partial charge in [-0.3, -0.25) is 0 Å². The maximum Gasteiger partial charge on any atom is 0.269 e. The van der Waals surface area contributed by atoms with Crippen LogP contribution >= 0.6 is 15.9 Å². The van der Waals surface area contributed by atoms with Crippen LogP contribution in [0.3, 0.4) is 0 Å². The number of fused-ring (bicyclic) bond motifs is 1. The average molecular weight is 409 g/mol. The molecule has 5 nitrogen and oxygen atoms in total. The number of hydrogen-bond donors (Lipinski definition) is 0. The zero-order valence-corrected chi connectivity index (χ0v) is 16.0. The summed E-state index contributed by atoms with van der Waals surface area (Å²) in [5.74, 6) is 0.495. The lowest BCUT2D eigenvalue weighted by molar-refractivity contribution is 0.337. The molecule has 0 fully saturated rings. The van der Waals surface area contributed by atoms with Gasteiger partial charge in [0.15, 0.2) is 0 Å².